The molecule has 0 aliphatic heterocycles. The van der Waals surface area contributed by atoms with Gasteiger partial charge in [-0.1, -0.05) is 6.92 Å². The first-order valence-corrected chi connectivity index (χ1v) is 3.87. The van der Waals surface area contributed by atoms with Crippen LogP contribution in [0.3, 0.4) is 0 Å². The molecule has 12 heavy (non-hydrogen) atoms. The molecule has 0 aliphatic carbocycles. The zero-order chi connectivity index (χ0) is 9.72. The van der Waals surface area contributed by atoms with Gasteiger partial charge in [-0.05, 0) is 6.92 Å². The van der Waals surface area contributed by atoms with Crippen molar-refractivity contribution in [2.75, 3.05) is 0 Å². The van der Waals surface area contributed by atoms with E-state index in [2.05, 4.69) is 0 Å². The summed E-state index contributed by atoms with van der Waals surface area (Å²) in [5.74, 6) is -0.686. The number of Topliss-reactive ketones (excluding diaryl/α,β-unsaturated/α-hetero) is 2. The molecule has 0 aliphatic rings. The molecular formula is C8H14O4. The zero-order valence-corrected chi connectivity index (χ0v) is 7.28. The van der Waals surface area contributed by atoms with Gasteiger partial charge in [-0.25, -0.2) is 0 Å². The summed E-state index contributed by atoms with van der Waals surface area (Å²) in [6.45, 7) is 2.83. The normalized spacial score (nSPS) is 15.3. The van der Waals surface area contributed by atoms with Crippen molar-refractivity contribution in [1.82, 2.24) is 0 Å². The average Bonchev–Trinajstić information content (AvgIpc) is 2.02. The van der Waals surface area contributed by atoms with E-state index in [9.17, 15) is 9.59 Å². The largest absolute Gasteiger partial charge is 0.389 e. The standard InChI is InChI=1S/C8H14O4/c1-3-6(10)4-7(11)8(12)5(2)9/h7-8,11-12H,3-4H2,1-2H3. The molecule has 0 aromatic rings. The van der Waals surface area contributed by atoms with Gasteiger partial charge in [0, 0.05) is 12.8 Å². The monoisotopic (exact) mass is 174 g/mol. The van der Waals surface area contributed by atoms with Crippen molar-refractivity contribution in [3.05, 3.63) is 0 Å². The summed E-state index contributed by atoms with van der Waals surface area (Å²) >= 11 is 0. The van der Waals surface area contributed by atoms with Crippen LogP contribution in [-0.2, 0) is 9.59 Å². The molecule has 0 aromatic heterocycles. The first-order valence-electron chi connectivity index (χ1n) is 3.87. The zero-order valence-electron chi connectivity index (χ0n) is 7.28. The highest BCUT2D eigenvalue weighted by Crippen LogP contribution is 2.02. The highest BCUT2D eigenvalue weighted by molar-refractivity contribution is 5.83. The van der Waals surface area contributed by atoms with Gasteiger partial charge in [-0.3, -0.25) is 9.59 Å². The predicted molar refractivity (Wildman–Crippen MR) is 42.6 cm³/mol. The summed E-state index contributed by atoms with van der Waals surface area (Å²) in [6.07, 6.45) is -2.53. The van der Waals surface area contributed by atoms with Gasteiger partial charge in [0.25, 0.3) is 0 Å². The van der Waals surface area contributed by atoms with E-state index >= 15 is 0 Å². The third-order valence-corrected chi connectivity index (χ3v) is 1.61. The SMILES string of the molecule is CCC(=O)CC(O)C(O)C(C)=O. The molecule has 0 aromatic carbocycles. The Morgan fingerprint density at radius 3 is 2.17 bits per heavy atom. The molecule has 0 saturated carbocycles. The Bertz CT molecular complexity index is 176. The maximum absolute atomic E-state index is 10.8. The van der Waals surface area contributed by atoms with E-state index in [4.69, 9.17) is 10.2 Å². The summed E-state index contributed by atoms with van der Waals surface area (Å²) < 4.78 is 0. The number of carbonyl (C=O) groups is 2. The number of carbonyl (C=O) groups excluding carboxylic acids is 2. The topological polar surface area (TPSA) is 74.6 Å². The van der Waals surface area contributed by atoms with Gasteiger partial charge in [-0.15, -0.1) is 0 Å². The van der Waals surface area contributed by atoms with Gasteiger partial charge in [-0.2, -0.15) is 0 Å². The van der Waals surface area contributed by atoms with Gasteiger partial charge in [0.15, 0.2) is 5.78 Å². The lowest BCUT2D eigenvalue weighted by molar-refractivity contribution is -0.133. The van der Waals surface area contributed by atoms with Crippen molar-refractivity contribution >= 4 is 11.6 Å². The Morgan fingerprint density at radius 1 is 1.33 bits per heavy atom. The predicted octanol–water partition coefficient (Wildman–Crippen LogP) is -0.334. The van der Waals surface area contributed by atoms with E-state index in [0.717, 1.165) is 0 Å². The fraction of sp³-hybridized carbons (Fsp3) is 0.750. The number of hydrogen-bond acceptors (Lipinski definition) is 4. The van der Waals surface area contributed by atoms with E-state index in [1.54, 1.807) is 6.92 Å². The Kier molecular flexibility index (Phi) is 4.70. The van der Waals surface area contributed by atoms with Crippen molar-refractivity contribution in [3.63, 3.8) is 0 Å². The third-order valence-electron chi connectivity index (χ3n) is 1.61. The molecule has 0 heterocycles. The molecule has 0 fully saturated rings. The molecule has 2 N–H and O–H groups in total. The molecule has 0 amide bonds. The molecule has 4 nitrogen and oxygen atoms in total. The van der Waals surface area contributed by atoms with Crippen LogP contribution in [0.15, 0.2) is 0 Å². The van der Waals surface area contributed by atoms with Crippen LogP contribution in [0.25, 0.3) is 0 Å². The van der Waals surface area contributed by atoms with Crippen molar-refractivity contribution in [1.29, 1.82) is 0 Å². The summed E-state index contributed by atoms with van der Waals surface area (Å²) in [5, 5.41) is 18.1. The van der Waals surface area contributed by atoms with E-state index in [-0.39, 0.29) is 12.2 Å². The van der Waals surface area contributed by atoms with Crippen LogP contribution in [0, 0.1) is 0 Å². The second-order valence-electron chi connectivity index (χ2n) is 2.72. The van der Waals surface area contributed by atoms with Gasteiger partial charge >= 0.3 is 0 Å². The van der Waals surface area contributed by atoms with Crippen LogP contribution in [-0.4, -0.2) is 34.0 Å². The first-order chi connectivity index (χ1) is 5.49. The Labute approximate surface area is 71.2 Å². The number of hydrogen-bond donors (Lipinski definition) is 2. The molecular weight excluding hydrogens is 160 g/mol. The average molecular weight is 174 g/mol. The minimum absolute atomic E-state index is 0.156. The molecule has 0 spiro atoms. The number of aliphatic hydroxyl groups is 2. The lowest BCUT2D eigenvalue weighted by Gasteiger charge is -2.13. The van der Waals surface area contributed by atoms with Crippen LogP contribution >= 0.6 is 0 Å². The lowest BCUT2D eigenvalue weighted by Crippen LogP contribution is -2.33. The summed E-state index contributed by atoms with van der Waals surface area (Å²) in [7, 11) is 0. The number of ketones is 2. The molecule has 0 bridgehead atoms. The summed E-state index contributed by atoms with van der Waals surface area (Å²) in [5.41, 5.74) is 0. The summed E-state index contributed by atoms with van der Waals surface area (Å²) in [6, 6.07) is 0. The molecule has 0 radical (unpaired) electrons. The maximum atomic E-state index is 10.8. The quantitative estimate of drug-likeness (QED) is 0.598. The van der Waals surface area contributed by atoms with Gasteiger partial charge in [0.2, 0.25) is 0 Å². The Balaban J connectivity index is 3.94. The van der Waals surface area contributed by atoms with E-state index in [1.165, 1.54) is 6.92 Å². The lowest BCUT2D eigenvalue weighted by atomic mass is 10.0. The second-order valence-corrected chi connectivity index (χ2v) is 2.72. The minimum Gasteiger partial charge on any atom is -0.389 e. The highest BCUT2D eigenvalue weighted by Gasteiger charge is 2.22. The summed E-state index contributed by atoms with van der Waals surface area (Å²) in [4.78, 5) is 21.3. The van der Waals surface area contributed by atoms with Crippen molar-refractivity contribution < 1.29 is 19.8 Å². The van der Waals surface area contributed by atoms with Crippen molar-refractivity contribution in [2.24, 2.45) is 0 Å². The van der Waals surface area contributed by atoms with Crippen molar-refractivity contribution in [2.45, 2.75) is 38.9 Å². The van der Waals surface area contributed by atoms with Crippen LogP contribution in [0.1, 0.15) is 26.7 Å². The van der Waals surface area contributed by atoms with Crippen LogP contribution in [0.5, 0.6) is 0 Å². The van der Waals surface area contributed by atoms with E-state index in [1.807, 2.05) is 0 Å². The molecule has 4 heteroatoms. The van der Waals surface area contributed by atoms with Crippen LogP contribution in [0.2, 0.25) is 0 Å². The van der Waals surface area contributed by atoms with Crippen LogP contribution in [0.4, 0.5) is 0 Å². The van der Waals surface area contributed by atoms with E-state index < -0.39 is 18.0 Å². The second kappa shape index (κ2) is 5.00. The number of rotatable bonds is 5. The first kappa shape index (κ1) is 11.3. The molecule has 0 rings (SSSR count). The van der Waals surface area contributed by atoms with Gasteiger partial charge < -0.3 is 10.2 Å². The molecule has 0 saturated heterocycles. The Morgan fingerprint density at radius 2 is 1.83 bits per heavy atom. The fourth-order valence-corrected chi connectivity index (χ4v) is 0.760. The van der Waals surface area contributed by atoms with E-state index in [0.29, 0.717) is 6.42 Å². The number of aliphatic hydroxyl groups excluding tert-OH is 2. The fourth-order valence-electron chi connectivity index (χ4n) is 0.760. The molecule has 2 atom stereocenters. The molecule has 2 unspecified atom stereocenters. The van der Waals surface area contributed by atoms with Crippen molar-refractivity contribution in [3.8, 4) is 0 Å². The van der Waals surface area contributed by atoms with Crippen LogP contribution < -0.4 is 0 Å². The van der Waals surface area contributed by atoms with Gasteiger partial charge in [0.05, 0.1) is 6.10 Å². The Hall–Kier alpha value is -0.740. The maximum Gasteiger partial charge on any atom is 0.160 e. The molecule has 70 valence electrons. The van der Waals surface area contributed by atoms with Gasteiger partial charge in [0.1, 0.15) is 11.9 Å². The highest BCUT2D eigenvalue weighted by atomic mass is 16.3. The third kappa shape index (κ3) is 3.59. The smallest absolute Gasteiger partial charge is 0.160 e. The minimum atomic E-state index is -1.43.